The molecule has 2 unspecified atom stereocenters. The van der Waals surface area contributed by atoms with Gasteiger partial charge in [0.05, 0.1) is 0 Å². The van der Waals surface area contributed by atoms with E-state index in [2.05, 4.69) is 29.7 Å². The van der Waals surface area contributed by atoms with Crippen molar-refractivity contribution in [3.8, 4) is 0 Å². The van der Waals surface area contributed by atoms with E-state index in [1.807, 2.05) is 11.8 Å². The monoisotopic (exact) mass is 179 g/mol. The smallest absolute Gasteiger partial charge is 0.0372 e. The molecule has 2 atom stereocenters. The maximum atomic E-state index is 5.55. The summed E-state index contributed by atoms with van der Waals surface area (Å²) in [5.41, 5.74) is 7.04. The molecule has 1 nitrogen and oxygen atoms in total. The van der Waals surface area contributed by atoms with Crippen LogP contribution in [0.15, 0.2) is 35.3 Å². The summed E-state index contributed by atoms with van der Waals surface area (Å²) < 4.78 is 0. The van der Waals surface area contributed by atoms with Crippen molar-refractivity contribution in [3.05, 3.63) is 35.3 Å². The van der Waals surface area contributed by atoms with Gasteiger partial charge in [-0.15, -0.1) is 11.8 Å². The highest BCUT2D eigenvalue weighted by Crippen LogP contribution is 2.38. The minimum absolute atomic E-state index is 0.628. The van der Waals surface area contributed by atoms with Crippen molar-refractivity contribution in [2.45, 2.75) is 11.7 Å². The van der Waals surface area contributed by atoms with Gasteiger partial charge < -0.3 is 5.73 Å². The lowest BCUT2D eigenvalue weighted by Crippen LogP contribution is -2.16. The Morgan fingerprint density at radius 1 is 1.42 bits per heavy atom. The number of thioether (sulfide) groups is 1. The molecular formula is C10H13NS. The third kappa shape index (κ3) is 1.37. The predicted molar refractivity (Wildman–Crippen MR) is 54.9 cm³/mol. The van der Waals surface area contributed by atoms with E-state index in [-0.39, 0.29) is 0 Å². The zero-order chi connectivity index (χ0) is 8.39. The maximum Gasteiger partial charge on any atom is 0.0372 e. The Hall–Kier alpha value is -0.470. The first-order chi connectivity index (χ1) is 5.92. The number of allylic oxidation sites excluding steroid dienone is 3. The van der Waals surface area contributed by atoms with Gasteiger partial charge in [-0.05, 0) is 18.4 Å². The van der Waals surface area contributed by atoms with Crippen molar-refractivity contribution in [2.75, 3.05) is 6.54 Å². The largest absolute Gasteiger partial charge is 0.330 e. The molecule has 0 fully saturated rings. The van der Waals surface area contributed by atoms with Gasteiger partial charge in [0.25, 0.3) is 0 Å². The highest BCUT2D eigenvalue weighted by atomic mass is 32.2. The SMILES string of the molecule is NCCC1=CC=CC2SC=CC12. The van der Waals surface area contributed by atoms with Gasteiger partial charge in [0, 0.05) is 11.2 Å². The van der Waals surface area contributed by atoms with Gasteiger partial charge in [0.1, 0.15) is 0 Å². The third-order valence-corrected chi connectivity index (χ3v) is 3.43. The van der Waals surface area contributed by atoms with Crippen LogP contribution in [0.25, 0.3) is 0 Å². The van der Waals surface area contributed by atoms with Crippen LogP contribution in [0.3, 0.4) is 0 Å². The molecular weight excluding hydrogens is 166 g/mol. The third-order valence-electron chi connectivity index (χ3n) is 2.35. The first kappa shape index (κ1) is 8.14. The average Bonchev–Trinajstić information content (AvgIpc) is 2.53. The van der Waals surface area contributed by atoms with Crippen molar-refractivity contribution >= 4 is 11.8 Å². The second kappa shape index (κ2) is 3.50. The molecule has 0 aromatic carbocycles. The molecule has 2 heteroatoms. The quantitative estimate of drug-likeness (QED) is 0.702. The molecule has 0 saturated heterocycles. The zero-order valence-corrected chi connectivity index (χ0v) is 7.76. The van der Waals surface area contributed by atoms with Gasteiger partial charge >= 0.3 is 0 Å². The summed E-state index contributed by atoms with van der Waals surface area (Å²) in [4.78, 5) is 0. The van der Waals surface area contributed by atoms with Crippen LogP contribution < -0.4 is 5.73 Å². The molecule has 64 valence electrons. The minimum atomic E-state index is 0.628. The van der Waals surface area contributed by atoms with Crippen LogP contribution in [0.5, 0.6) is 0 Å². The molecule has 0 saturated carbocycles. The van der Waals surface area contributed by atoms with E-state index in [0.717, 1.165) is 13.0 Å². The molecule has 0 amide bonds. The van der Waals surface area contributed by atoms with E-state index in [0.29, 0.717) is 11.2 Å². The average molecular weight is 179 g/mol. The summed E-state index contributed by atoms with van der Waals surface area (Å²) in [6, 6.07) is 0. The Morgan fingerprint density at radius 2 is 2.33 bits per heavy atom. The molecule has 1 heterocycles. The Balaban J connectivity index is 2.15. The lowest BCUT2D eigenvalue weighted by atomic mass is 9.89. The molecule has 0 aromatic rings. The summed E-state index contributed by atoms with van der Waals surface area (Å²) in [5, 5.41) is 2.85. The van der Waals surface area contributed by atoms with Crippen LogP contribution in [0.4, 0.5) is 0 Å². The highest BCUT2D eigenvalue weighted by Gasteiger charge is 2.25. The van der Waals surface area contributed by atoms with Crippen molar-refractivity contribution in [1.29, 1.82) is 0 Å². The van der Waals surface area contributed by atoms with Gasteiger partial charge in [0.15, 0.2) is 0 Å². The summed E-state index contributed by atoms with van der Waals surface area (Å²) in [6.45, 7) is 0.765. The van der Waals surface area contributed by atoms with Crippen molar-refractivity contribution < 1.29 is 0 Å². The summed E-state index contributed by atoms with van der Waals surface area (Å²) in [7, 11) is 0. The van der Waals surface area contributed by atoms with E-state index in [1.54, 1.807) is 0 Å². The molecule has 12 heavy (non-hydrogen) atoms. The van der Waals surface area contributed by atoms with Gasteiger partial charge in [-0.25, -0.2) is 0 Å². The van der Waals surface area contributed by atoms with Gasteiger partial charge in [0.2, 0.25) is 0 Å². The topological polar surface area (TPSA) is 26.0 Å². The van der Waals surface area contributed by atoms with Crippen LogP contribution >= 0.6 is 11.8 Å². The van der Waals surface area contributed by atoms with Crippen molar-refractivity contribution in [2.24, 2.45) is 11.7 Å². The fraction of sp³-hybridized carbons (Fsp3) is 0.400. The molecule has 1 aliphatic heterocycles. The Labute approximate surface area is 77.4 Å². The number of nitrogens with two attached hydrogens (primary N) is 1. The standard InChI is InChI=1S/C10H13NS/c11-6-4-8-2-1-3-10-9(8)5-7-12-10/h1-3,5,7,9-10H,4,6,11H2. The van der Waals surface area contributed by atoms with Crippen LogP contribution in [0.1, 0.15) is 6.42 Å². The normalized spacial score (nSPS) is 31.9. The molecule has 1 aliphatic carbocycles. The van der Waals surface area contributed by atoms with Crippen LogP contribution in [0.2, 0.25) is 0 Å². The Morgan fingerprint density at radius 3 is 3.17 bits per heavy atom. The first-order valence-corrected chi connectivity index (χ1v) is 5.25. The Bertz CT molecular complexity index is 253. The molecule has 0 bridgehead atoms. The molecule has 0 aromatic heterocycles. The van der Waals surface area contributed by atoms with E-state index in [1.165, 1.54) is 5.57 Å². The molecule has 2 aliphatic rings. The van der Waals surface area contributed by atoms with E-state index in [4.69, 9.17) is 5.73 Å². The van der Waals surface area contributed by atoms with Gasteiger partial charge in [-0.2, -0.15) is 0 Å². The zero-order valence-electron chi connectivity index (χ0n) is 6.94. The van der Waals surface area contributed by atoms with E-state index >= 15 is 0 Å². The molecule has 2 rings (SSSR count). The number of rotatable bonds is 2. The Kier molecular flexibility index (Phi) is 2.38. The lowest BCUT2D eigenvalue weighted by Gasteiger charge is -2.21. The fourth-order valence-corrected chi connectivity index (χ4v) is 2.79. The first-order valence-electron chi connectivity index (χ1n) is 4.31. The van der Waals surface area contributed by atoms with Crippen LogP contribution in [0, 0.1) is 5.92 Å². The number of hydrogen-bond acceptors (Lipinski definition) is 2. The van der Waals surface area contributed by atoms with Crippen LogP contribution in [-0.2, 0) is 0 Å². The summed E-state index contributed by atoms with van der Waals surface area (Å²) >= 11 is 1.91. The van der Waals surface area contributed by atoms with Crippen LogP contribution in [-0.4, -0.2) is 11.8 Å². The molecule has 0 spiro atoms. The number of hydrogen-bond donors (Lipinski definition) is 1. The van der Waals surface area contributed by atoms with E-state index < -0.39 is 0 Å². The van der Waals surface area contributed by atoms with Gasteiger partial charge in [-0.1, -0.05) is 29.9 Å². The van der Waals surface area contributed by atoms with Gasteiger partial charge in [-0.3, -0.25) is 0 Å². The predicted octanol–water partition coefficient (Wildman–Crippen LogP) is 2.08. The lowest BCUT2D eigenvalue weighted by molar-refractivity contribution is 0.734. The van der Waals surface area contributed by atoms with Crippen molar-refractivity contribution in [1.82, 2.24) is 0 Å². The highest BCUT2D eigenvalue weighted by molar-refractivity contribution is 8.03. The second-order valence-electron chi connectivity index (χ2n) is 3.12. The van der Waals surface area contributed by atoms with E-state index in [9.17, 15) is 0 Å². The minimum Gasteiger partial charge on any atom is -0.330 e. The summed E-state index contributed by atoms with van der Waals surface area (Å²) in [5.74, 6) is 0.628. The molecule has 0 radical (unpaired) electrons. The fourth-order valence-electron chi connectivity index (χ4n) is 1.73. The van der Waals surface area contributed by atoms with Crippen molar-refractivity contribution in [3.63, 3.8) is 0 Å². The number of fused-ring (bicyclic) bond motifs is 1. The second-order valence-corrected chi connectivity index (χ2v) is 4.21. The summed E-state index contributed by atoms with van der Waals surface area (Å²) in [6.07, 6.45) is 9.97. The maximum absolute atomic E-state index is 5.55. The molecule has 2 N–H and O–H groups in total.